The fraction of sp³-hybridized carbons (Fsp3) is 0.333. The fourth-order valence-corrected chi connectivity index (χ4v) is 3.08. The molecule has 2 aromatic rings. The molecule has 0 saturated carbocycles. The minimum atomic E-state index is 0.168. The number of benzene rings is 1. The van der Waals surface area contributed by atoms with Crippen molar-refractivity contribution in [3.8, 4) is 0 Å². The van der Waals surface area contributed by atoms with Crippen molar-refractivity contribution in [3.05, 3.63) is 34.2 Å². The Bertz CT molecular complexity index is 457. The predicted octanol–water partition coefficient (Wildman–Crippen LogP) is 3.26. The maximum atomic E-state index is 9.23. The Morgan fingerprint density at radius 1 is 1.36 bits per heavy atom. The number of aliphatic hydroxyl groups is 1. The molecule has 0 bridgehead atoms. The van der Waals surface area contributed by atoms with Gasteiger partial charge in [-0.05, 0) is 35.9 Å². The second-order valence-electron chi connectivity index (χ2n) is 3.52. The first-order valence-corrected chi connectivity index (χ1v) is 5.69. The highest BCUT2D eigenvalue weighted by Crippen LogP contribution is 2.32. The molecule has 1 heterocycles. The Hall–Kier alpha value is -0.860. The molecule has 0 aliphatic rings. The van der Waals surface area contributed by atoms with Gasteiger partial charge in [-0.3, -0.25) is 0 Å². The summed E-state index contributed by atoms with van der Waals surface area (Å²) in [4.78, 5) is 1.12. The van der Waals surface area contributed by atoms with Crippen molar-refractivity contribution in [1.29, 1.82) is 0 Å². The van der Waals surface area contributed by atoms with Crippen molar-refractivity contribution < 1.29 is 5.11 Å². The van der Waals surface area contributed by atoms with Crippen LogP contribution in [0.4, 0.5) is 0 Å². The van der Waals surface area contributed by atoms with E-state index in [9.17, 15) is 5.11 Å². The van der Waals surface area contributed by atoms with Gasteiger partial charge in [-0.1, -0.05) is 19.1 Å². The minimum Gasteiger partial charge on any atom is -0.391 e. The van der Waals surface area contributed by atoms with Gasteiger partial charge in [0.05, 0.1) is 6.61 Å². The molecule has 0 spiro atoms. The van der Waals surface area contributed by atoms with Gasteiger partial charge in [0.1, 0.15) is 0 Å². The van der Waals surface area contributed by atoms with Crippen LogP contribution in [0.5, 0.6) is 0 Å². The summed E-state index contributed by atoms with van der Waals surface area (Å²) in [6.07, 6.45) is 0.999. The number of thiophene rings is 1. The number of rotatable bonds is 2. The third-order valence-electron chi connectivity index (χ3n) is 2.53. The standard InChI is InChI=1S/C12H14OS/c1-3-9-10-5-4-8(2)6-11(10)14-12(9)7-13/h4-6,13H,3,7H2,1-2H3. The van der Waals surface area contributed by atoms with Crippen LogP contribution in [0.3, 0.4) is 0 Å². The summed E-state index contributed by atoms with van der Waals surface area (Å²) in [6.45, 7) is 4.41. The minimum absolute atomic E-state index is 0.168. The highest BCUT2D eigenvalue weighted by Gasteiger charge is 2.09. The van der Waals surface area contributed by atoms with E-state index in [1.54, 1.807) is 11.3 Å². The zero-order chi connectivity index (χ0) is 10.1. The van der Waals surface area contributed by atoms with E-state index >= 15 is 0 Å². The van der Waals surface area contributed by atoms with E-state index in [4.69, 9.17) is 0 Å². The van der Waals surface area contributed by atoms with Crippen LogP contribution in [-0.4, -0.2) is 5.11 Å². The molecular weight excluding hydrogens is 192 g/mol. The van der Waals surface area contributed by atoms with Crippen molar-refractivity contribution in [2.24, 2.45) is 0 Å². The van der Waals surface area contributed by atoms with Gasteiger partial charge in [0, 0.05) is 9.58 Å². The normalized spacial score (nSPS) is 11.1. The number of hydrogen-bond acceptors (Lipinski definition) is 2. The lowest BCUT2D eigenvalue weighted by molar-refractivity contribution is 0.284. The van der Waals surface area contributed by atoms with E-state index in [1.165, 1.54) is 21.2 Å². The molecule has 1 N–H and O–H groups in total. The maximum absolute atomic E-state index is 9.23. The quantitative estimate of drug-likeness (QED) is 0.799. The molecule has 0 aliphatic carbocycles. The Morgan fingerprint density at radius 2 is 2.14 bits per heavy atom. The van der Waals surface area contributed by atoms with Crippen LogP contribution in [0.1, 0.15) is 22.9 Å². The molecular formula is C12H14OS. The van der Waals surface area contributed by atoms with Crippen LogP contribution in [-0.2, 0) is 13.0 Å². The van der Waals surface area contributed by atoms with Crippen LogP contribution in [0, 0.1) is 6.92 Å². The molecule has 14 heavy (non-hydrogen) atoms. The molecule has 0 atom stereocenters. The van der Waals surface area contributed by atoms with Gasteiger partial charge in [-0.25, -0.2) is 0 Å². The molecule has 0 radical (unpaired) electrons. The lowest BCUT2D eigenvalue weighted by Crippen LogP contribution is -1.85. The first-order chi connectivity index (χ1) is 6.76. The van der Waals surface area contributed by atoms with Crippen molar-refractivity contribution in [2.75, 3.05) is 0 Å². The molecule has 1 aromatic carbocycles. The smallest absolute Gasteiger partial charge is 0.0777 e. The van der Waals surface area contributed by atoms with Gasteiger partial charge < -0.3 is 5.11 Å². The summed E-state index contributed by atoms with van der Waals surface area (Å²) < 4.78 is 1.30. The van der Waals surface area contributed by atoms with E-state index in [0.717, 1.165) is 11.3 Å². The summed E-state index contributed by atoms with van der Waals surface area (Å²) in [5, 5.41) is 10.5. The van der Waals surface area contributed by atoms with Crippen LogP contribution >= 0.6 is 11.3 Å². The van der Waals surface area contributed by atoms with Crippen molar-refractivity contribution in [1.82, 2.24) is 0 Å². The molecule has 0 unspecified atom stereocenters. The van der Waals surface area contributed by atoms with Gasteiger partial charge in [0.2, 0.25) is 0 Å². The van der Waals surface area contributed by atoms with E-state index < -0.39 is 0 Å². The number of aliphatic hydroxyl groups excluding tert-OH is 1. The Kier molecular flexibility index (Phi) is 2.57. The van der Waals surface area contributed by atoms with Gasteiger partial charge in [-0.2, -0.15) is 0 Å². The molecule has 0 saturated heterocycles. The number of fused-ring (bicyclic) bond motifs is 1. The topological polar surface area (TPSA) is 20.2 Å². The van der Waals surface area contributed by atoms with E-state index in [1.807, 2.05) is 0 Å². The second kappa shape index (κ2) is 3.71. The van der Waals surface area contributed by atoms with Crippen molar-refractivity contribution in [3.63, 3.8) is 0 Å². The molecule has 2 heteroatoms. The molecule has 1 nitrogen and oxygen atoms in total. The monoisotopic (exact) mass is 206 g/mol. The van der Waals surface area contributed by atoms with Crippen LogP contribution in [0.25, 0.3) is 10.1 Å². The molecule has 2 rings (SSSR count). The molecule has 74 valence electrons. The van der Waals surface area contributed by atoms with Gasteiger partial charge >= 0.3 is 0 Å². The highest BCUT2D eigenvalue weighted by atomic mass is 32.1. The summed E-state index contributed by atoms with van der Waals surface area (Å²) in [5.74, 6) is 0. The van der Waals surface area contributed by atoms with Gasteiger partial charge in [0.25, 0.3) is 0 Å². The fourth-order valence-electron chi connectivity index (χ4n) is 1.82. The SMILES string of the molecule is CCc1c(CO)sc2cc(C)ccc12. The zero-order valence-electron chi connectivity index (χ0n) is 8.50. The maximum Gasteiger partial charge on any atom is 0.0777 e. The largest absolute Gasteiger partial charge is 0.391 e. The molecule has 1 aromatic heterocycles. The predicted molar refractivity (Wildman–Crippen MR) is 61.9 cm³/mol. The lowest BCUT2D eigenvalue weighted by Gasteiger charge is -1.97. The third kappa shape index (κ3) is 1.45. The molecule has 0 aliphatic heterocycles. The van der Waals surface area contributed by atoms with Crippen molar-refractivity contribution in [2.45, 2.75) is 26.9 Å². The van der Waals surface area contributed by atoms with Crippen molar-refractivity contribution >= 4 is 21.4 Å². The third-order valence-corrected chi connectivity index (χ3v) is 3.71. The Labute approximate surface area is 88.0 Å². The second-order valence-corrected chi connectivity index (χ2v) is 4.65. The number of aryl methyl sites for hydroxylation is 2. The average molecular weight is 206 g/mol. The lowest BCUT2D eigenvalue weighted by atomic mass is 10.1. The van der Waals surface area contributed by atoms with Crippen LogP contribution in [0.2, 0.25) is 0 Å². The molecule has 0 amide bonds. The van der Waals surface area contributed by atoms with Gasteiger partial charge in [0.15, 0.2) is 0 Å². The van der Waals surface area contributed by atoms with Crippen LogP contribution in [0.15, 0.2) is 18.2 Å². The Balaban J connectivity index is 2.73. The summed E-state index contributed by atoms with van der Waals surface area (Å²) >= 11 is 1.71. The van der Waals surface area contributed by atoms with Crippen LogP contribution < -0.4 is 0 Å². The summed E-state index contributed by atoms with van der Waals surface area (Å²) in [5.41, 5.74) is 2.60. The van der Waals surface area contributed by atoms with E-state index in [-0.39, 0.29) is 6.61 Å². The first kappa shape index (κ1) is 9.69. The average Bonchev–Trinajstić information content (AvgIpc) is 2.54. The first-order valence-electron chi connectivity index (χ1n) is 4.88. The number of hydrogen-bond donors (Lipinski definition) is 1. The zero-order valence-corrected chi connectivity index (χ0v) is 9.32. The summed E-state index contributed by atoms with van der Waals surface area (Å²) in [6, 6.07) is 6.49. The molecule has 0 fully saturated rings. The van der Waals surface area contributed by atoms with E-state index in [2.05, 4.69) is 32.0 Å². The summed E-state index contributed by atoms with van der Waals surface area (Å²) in [7, 11) is 0. The van der Waals surface area contributed by atoms with E-state index in [0.29, 0.717) is 0 Å². The Morgan fingerprint density at radius 3 is 2.79 bits per heavy atom. The van der Waals surface area contributed by atoms with Gasteiger partial charge in [-0.15, -0.1) is 11.3 Å². The highest BCUT2D eigenvalue weighted by molar-refractivity contribution is 7.19.